The number of ether oxygens (including phenoxy) is 1. The fourth-order valence-electron chi connectivity index (χ4n) is 3.36. The smallest absolute Gasteiger partial charge is 0.237 e. The zero-order valence-corrected chi connectivity index (χ0v) is 18.0. The zero-order chi connectivity index (χ0) is 21.9. The summed E-state index contributed by atoms with van der Waals surface area (Å²) in [7, 11) is 0. The molecule has 3 rings (SSSR count). The van der Waals surface area contributed by atoms with Gasteiger partial charge in [0.1, 0.15) is 11.6 Å². The van der Waals surface area contributed by atoms with Gasteiger partial charge in [-0.15, -0.1) is 0 Å². The van der Waals surface area contributed by atoms with Crippen molar-refractivity contribution in [1.29, 1.82) is 0 Å². The Labute approximate surface area is 176 Å². The fraction of sp³-hybridized carbons (Fsp3) is 0.391. The van der Waals surface area contributed by atoms with E-state index in [1.807, 2.05) is 26.0 Å². The third kappa shape index (κ3) is 4.68. The van der Waals surface area contributed by atoms with Crippen molar-refractivity contribution in [2.75, 3.05) is 13.2 Å². The van der Waals surface area contributed by atoms with Crippen LogP contribution in [-0.2, 0) is 22.6 Å². The molecule has 0 bridgehead atoms. The van der Waals surface area contributed by atoms with Crippen LogP contribution >= 0.6 is 0 Å². The van der Waals surface area contributed by atoms with Crippen molar-refractivity contribution >= 4 is 16.9 Å². The number of amides is 1. The monoisotopic (exact) mass is 412 g/mol. The predicted octanol–water partition coefficient (Wildman–Crippen LogP) is 3.54. The molecule has 1 aromatic heterocycles. The molecule has 7 heteroatoms. The van der Waals surface area contributed by atoms with Gasteiger partial charge in [-0.25, -0.2) is 9.37 Å². The number of carbonyl (C=O) groups excluding carboxylic acids is 1. The van der Waals surface area contributed by atoms with E-state index in [9.17, 15) is 9.18 Å². The number of rotatable bonds is 9. The number of hydrogen-bond donors (Lipinski definition) is 2. The molecule has 160 valence electrons. The van der Waals surface area contributed by atoms with Crippen LogP contribution in [0.1, 0.15) is 32.2 Å². The molecule has 0 fully saturated rings. The predicted molar refractivity (Wildman–Crippen MR) is 116 cm³/mol. The summed E-state index contributed by atoms with van der Waals surface area (Å²) in [5.41, 5.74) is 9.29. The molecule has 6 nitrogen and oxygen atoms in total. The van der Waals surface area contributed by atoms with Gasteiger partial charge in [-0.3, -0.25) is 10.1 Å². The lowest BCUT2D eigenvalue weighted by Crippen LogP contribution is -2.50. The van der Waals surface area contributed by atoms with Crippen molar-refractivity contribution in [1.82, 2.24) is 14.9 Å². The number of hydrogen-bond acceptors (Lipinski definition) is 4. The minimum atomic E-state index is -0.848. The molecule has 0 unspecified atom stereocenters. The number of aryl methyl sites for hydroxylation is 1. The SMILES string of the molecule is CCOCCn1c(CNC(C)(C)C(N)=O)nc2ccc(-c3ccc(F)cc3C)cc21. The van der Waals surface area contributed by atoms with Crippen molar-refractivity contribution in [2.24, 2.45) is 5.73 Å². The molecule has 3 N–H and O–H groups in total. The van der Waals surface area contributed by atoms with Gasteiger partial charge in [0.2, 0.25) is 5.91 Å². The van der Waals surface area contributed by atoms with Crippen molar-refractivity contribution in [3.05, 3.63) is 53.6 Å². The zero-order valence-electron chi connectivity index (χ0n) is 18.0. The molecule has 0 radical (unpaired) electrons. The van der Waals surface area contributed by atoms with E-state index in [4.69, 9.17) is 15.5 Å². The number of carbonyl (C=O) groups is 1. The van der Waals surface area contributed by atoms with E-state index in [-0.39, 0.29) is 5.82 Å². The first-order chi connectivity index (χ1) is 14.2. The molecule has 2 aromatic carbocycles. The number of primary amides is 1. The third-order valence-corrected chi connectivity index (χ3v) is 5.29. The van der Waals surface area contributed by atoms with Gasteiger partial charge in [0, 0.05) is 13.2 Å². The van der Waals surface area contributed by atoms with Crippen molar-refractivity contribution < 1.29 is 13.9 Å². The molecule has 0 saturated heterocycles. The molecule has 1 heterocycles. The van der Waals surface area contributed by atoms with Crippen molar-refractivity contribution in [3.63, 3.8) is 0 Å². The van der Waals surface area contributed by atoms with Crippen molar-refractivity contribution in [3.8, 4) is 11.1 Å². The lowest BCUT2D eigenvalue weighted by atomic mass is 10.00. The summed E-state index contributed by atoms with van der Waals surface area (Å²) in [6.07, 6.45) is 0. The van der Waals surface area contributed by atoms with Gasteiger partial charge in [-0.2, -0.15) is 0 Å². The number of nitrogens with two attached hydrogens (primary N) is 1. The summed E-state index contributed by atoms with van der Waals surface area (Å²) in [6, 6.07) is 10.8. The Bertz CT molecular complexity index is 1060. The average Bonchev–Trinajstić information content (AvgIpc) is 3.03. The second-order valence-electron chi connectivity index (χ2n) is 7.88. The highest BCUT2D eigenvalue weighted by Gasteiger charge is 2.25. The number of imidazole rings is 1. The number of nitrogens with zero attached hydrogens (tertiary/aromatic N) is 2. The second kappa shape index (κ2) is 8.93. The Hall–Kier alpha value is -2.77. The van der Waals surface area contributed by atoms with E-state index < -0.39 is 11.4 Å². The van der Waals surface area contributed by atoms with Gasteiger partial charge < -0.3 is 15.0 Å². The van der Waals surface area contributed by atoms with Gasteiger partial charge in [0.25, 0.3) is 0 Å². The summed E-state index contributed by atoms with van der Waals surface area (Å²) in [5, 5.41) is 3.19. The Morgan fingerprint density at radius 1 is 1.27 bits per heavy atom. The maximum absolute atomic E-state index is 13.5. The van der Waals surface area contributed by atoms with Crippen LogP contribution in [0.5, 0.6) is 0 Å². The molecule has 0 spiro atoms. The number of nitrogens with one attached hydrogen (secondary N) is 1. The number of aromatic nitrogens is 2. The standard InChI is InChI=1S/C23H29FN4O2/c1-5-30-11-10-28-20-13-16(18-8-7-17(24)12-15(18)2)6-9-19(20)27-21(28)14-26-23(3,4)22(25)29/h6-9,12-13,26H,5,10-11,14H2,1-4H3,(H2,25,29). The highest BCUT2D eigenvalue weighted by Crippen LogP contribution is 2.28. The Morgan fingerprint density at radius 2 is 2.03 bits per heavy atom. The molecular formula is C23H29FN4O2. The van der Waals surface area contributed by atoms with Gasteiger partial charge >= 0.3 is 0 Å². The minimum absolute atomic E-state index is 0.246. The average molecular weight is 413 g/mol. The molecule has 0 atom stereocenters. The van der Waals surface area contributed by atoms with Crippen LogP contribution in [0.15, 0.2) is 36.4 Å². The van der Waals surface area contributed by atoms with Gasteiger partial charge in [0.05, 0.1) is 29.7 Å². The first-order valence-corrected chi connectivity index (χ1v) is 10.1. The molecular weight excluding hydrogens is 383 g/mol. The highest BCUT2D eigenvalue weighted by atomic mass is 19.1. The number of benzene rings is 2. The highest BCUT2D eigenvalue weighted by molar-refractivity contribution is 5.84. The van der Waals surface area contributed by atoms with Crippen LogP contribution in [0, 0.1) is 12.7 Å². The summed E-state index contributed by atoms with van der Waals surface area (Å²) in [4.78, 5) is 16.4. The van der Waals surface area contributed by atoms with E-state index in [0.29, 0.717) is 26.3 Å². The second-order valence-corrected chi connectivity index (χ2v) is 7.88. The Balaban J connectivity index is 2.01. The molecule has 0 saturated carbocycles. The lowest BCUT2D eigenvalue weighted by molar-refractivity contribution is -0.123. The largest absolute Gasteiger partial charge is 0.380 e. The van der Waals surface area contributed by atoms with E-state index in [1.165, 1.54) is 12.1 Å². The summed E-state index contributed by atoms with van der Waals surface area (Å²) in [5.74, 6) is 0.130. The van der Waals surface area contributed by atoms with Crippen molar-refractivity contribution in [2.45, 2.75) is 46.3 Å². The lowest BCUT2D eigenvalue weighted by Gasteiger charge is -2.22. The van der Waals surface area contributed by atoms with E-state index in [2.05, 4.69) is 16.0 Å². The van der Waals surface area contributed by atoms with E-state index in [0.717, 1.165) is 33.5 Å². The van der Waals surface area contributed by atoms with Gasteiger partial charge in [0.15, 0.2) is 0 Å². The summed E-state index contributed by atoms with van der Waals surface area (Å²) >= 11 is 0. The van der Waals surface area contributed by atoms with E-state index >= 15 is 0 Å². The summed E-state index contributed by atoms with van der Waals surface area (Å²) in [6.45, 7) is 9.56. The van der Waals surface area contributed by atoms with Crippen LogP contribution in [0.2, 0.25) is 0 Å². The van der Waals surface area contributed by atoms with E-state index in [1.54, 1.807) is 19.9 Å². The normalized spacial score (nSPS) is 11.9. The first kappa shape index (κ1) is 21.9. The maximum Gasteiger partial charge on any atom is 0.237 e. The van der Waals surface area contributed by atoms with Crippen LogP contribution in [-0.4, -0.2) is 34.2 Å². The van der Waals surface area contributed by atoms with Crippen LogP contribution in [0.25, 0.3) is 22.2 Å². The first-order valence-electron chi connectivity index (χ1n) is 10.1. The summed E-state index contributed by atoms with van der Waals surface area (Å²) < 4.78 is 21.2. The molecule has 3 aromatic rings. The quantitative estimate of drug-likeness (QED) is 0.527. The molecule has 0 aliphatic heterocycles. The number of halogens is 1. The fourth-order valence-corrected chi connectivity index (χ4v) is 3.36. The minimum Gasteiger partial charge on any atom is -0.380 e. The Kier molecular flexibility index (Phi) is 6.53. The molecule has 1 amide bonds. The van der Waals surface area contributed by atoms with Crippen LogP contribution < -0.4 is 11.1 Å². The van der Waals surface area contributed by atoms with Crippen LogP contribution in [0.3, 0.4) is 0 Å². The topological polar surface area (TPSA) is 82.2 Å². The van der Waals surface area contributed by atoms with Gasteiger partial charge in [-0.05, 0) is 68.7 Å². The number of fused-ring (bicyclic) bond motifs is 1. The molecule has 30 heavy (non-hydrogen) atoms. The van der Waals surface area contributed by atoms with Gasteiger partial charge in [-0.1, -0.05) is 12.1 Å². The third-order valence-electron chi connectivity index (χ3n) is 5.29. The Morgan fingerprint density at radius 3 is 2.70 bits per heavy atom. The maximum atomic E-state index is 13.5. The van der Waals surface area contributed by atoms with Crippen LogP contribution in [0.4, 0.5) is 4.39 Å². The molecule has 0 aliphatic rings. The molecule has 0 aliphatic carbocycles.